The van der Waals surface area contributed by atoms with Crippen molar-refractivity contribution in [3.8, 4) is 0 Å². The van der Waals surface area contributed by atoms with Gasteiger partial charge in [0.25, 0.3) is 0 Å². The summed E-state index contributed by atoms with van der Waals surface area (Å²) in [6.07, 6.45) is 0.728. The van der Waals surface area contributed by atoms with Gasteiger partial charge in [0.05, 0.1) is 5.75 Å². The highest BCUT2D eigenvalue weighted by molar-refractivity contribution is 14.0. The van der Waals surface area contributed by atoms with Crippen LogP contribution in [0.1, 0.15) is 6.42 Å². The van der Waals surface area contributed by atoms with Gasteiger partial charge < -0.3 is 10.6 Å². The van der Waals surface area contributed by atoms with Crippen molar-refractivity contribution in [1.82, 2.24) is 14.9 Å². The Kier molecular flexibility index (Phi) is 10.0. The first-order chi connectivity index (χ1) is 11.1. The van der Waals surface area contributed by atoms with Gasteiger partial charge in [-0.25, -0.2) is 12.7 Å². The maximum Gasteiger partial charge on any atom is 0.214 e. The Morgan fingerprint density at radius 2 is 1.96 bits per heavy atom. The molecule has 0 radical (unpaired) electrons. The number of hydrogen-bond acceptors (Lipinski definition) is 4. The molecule has 1 heterocycles. The number of sulfonamides is 1. The highest BCUT2D eigenvalue weighted by Gasteiger charge is 2.27. The summed E-state index contributed by atoms with van der Waals surface area (Å²) < 4.78 is 24.9. The van der Waals surface area contributed by atoms with Gasteiger partial charge in [0, 0.05) is 43.9 Å². The van der Waals surface area contributed by atoms with E-state index in [-0.39, 0.29) is 29.7 Å². The lowest BCUT2D eigenvalue weighted by Crippen LogP contribution is -2.42. The van der Waals surface area contributed by atoms with E-state index < -0.39 is 10.0 Å². The number of halogens is 1. The van der Waals surface area contributed by atoms with E-state index in [0.717, 1.165) is 18.7 Å². The summed E-state index contributed by atoms with van der Waals surface area (Å²) in [6.45, 7) is 2.47. The SMILES string of the molecule is CN=C(NCCSc1ccccc1)NCCN1CCCS1(=O)=O.I. The van der Waals surface area contributed by atoms with E-state index in [2.05, 4.69) is 27.8 Å². The van der Waals surface area contributed by atoms with E-state index in [0.29, 0.717) is 25.6 Å². The van der Waals surface area contributed by atoms with E-state index in [1.165, 1.54) is 4.90 Å². The summed E-state index contributed by atoms with van der Waals surface area (Å²) in [5, 5.41) is 6.39. The lowest BCUT2D eigenvalue weighted by molar-refractivity contribution is 0.445. The number of nitrogens with one attached hydrogen (secondary N) is 2. The first-order valence-corrected chi connectivity index (χ1v) is 10.3. The Morgan fingerprint density at radius 3 is 2.58 bits per heavy atom. The van der Waals surface area contributed by atoms with Gasteiger partial charge in [-0.15, -0.1) is 35.7 Å². The highest BCUT2D eigenvalue weighted by atomic mass is 127. The predicted molar refractivity (Wildman–Crippen MR) is 112 cm³/mol. The van der Waals surface area contributed by atoms with Crippen LogP contribution in [0.15, 0.2) is 40.2 Å². The molecule has 1 fully saturated rings. The number of nitrogens with zero attached hydrogens (tertiary/aromatic N) is 2. The monoisotopic (exact) mass is 484 g/mol. The molecule has 0 unspecified atom stereocenters. The van der Waals surface area contributed by atoms with E-state index in [9.17, 15) is 8.42 Å². The number of rotatable bonds is 7. The smallest absolute Gasteiger partial charge is 0.214 e. The number of aliphatic imine (C=N–C) groups is 1. The molecule has 0 atom stereocenters. The Hall–Kier alpha value is -0.520. The van der Waals surface area contributed by atoms with Crippen molar-refractivity contribution in [2.75, 3.05) is 44.7 Å². The summed E-state index contributed by atoms with van der Waals surface area (Å²) in [6, 6.07) is 10.3. The minimum absolute atomic E-state index is 0. The summed E-state index contributed by atoms with van der Waals surface area (Å²) in [7, 11) is -1.30. The Bertz CT molecular complexity index is 611. The summed E-state index contributed by atoms with van der Waals surface area (Å²) in [5.41, 5.74) is 0. The zero-order valence-electron chi connectivity index (χ0n) is 13.8. The Balaban J connectivity index is 0.00000288. The third-order valence-electron chi connectivity index (χ3n) is 3.49. The molecule has 1 saturated heterocycles. The summed E-state index contributed by atoms with van der Waals surface area (Å²) in [5.74, 6) is 1.91. The number of guanidine groups is 1. The molecule has 0 saturated carbocycles. The van der Waals surface area contributed by atoms with Gasteiger partial charge in [0.2, 0.25) is 10.0 Å². The quantitative estimate of drug-likeness (QED) is 0.202. The third-order valence-corrected chi connectivity index (χ3v) is 6.46. The van der Waals surface area contributed by atoms with Crippen molar-refractivity contribution >= 4 is 51.7 Å². The second-order valence-electron chi connectivity index (χ2n) is 5.16. The fourth-order valence-electron chi connectivity index (χ4n) is 2.32. The fourth-order valence-corrected chi connectivity index (χ4v) is 4.64. The van der Waals surface area contributed by atoms with Gasteiger partial charge in [0.15, 0.2) is 5.96 Å². The molecule has 0 amide bonds. The maximum absolute atomic E-state index is 11.7. The molecule has 6 nitrogen and oxygen atoms in total. The van der Waals surface area contributed by atoms with Crippen molar-refractivity contribution in [1.29, 1.82) is 0 Å². The van der Waals surface area contributed by atoms with Crippen LogP contribution in [0.25, 0.3) is 0 Å². The van der Waals surface area contributed by atoms with Crippen LogP contribution in [0.2, 0.25) is 0 Å². The first-order valence-electron chi connectivity index (χ1n) is 7.72. The molecule has 1 aromatic rings. The fraction of sp³-hybridized carbons (Fsp3) is 0.533. The van der Waals surface area contributed by atoms with Crippen molar-refractivity contribution in [3.63, 3.8) is 0 Å². The average molecular weight is 484 g/mol. The summed E-state index contributed by atoms with van der Waals surface area (Å²) in [4.78, 5) is 5.40. The topological polar surface area (TPSA) is 73.8 Å². The normalized spacial score (nSPS) is 17.3. The lowest BCUT2D eigenvalue weighted by Gasteiger charge is -2.16. The molecule has 0 aromatic heterocycles. The molecule has 0 aliphatic carbocycles. The number of thioether (sulfide) groups is 1. The Morgan fingerprint density at radius 1 is 1.25 bits per heavy atom. The minimum atomic E-state index is -3.01. The van der Waals surface area contributed by atoms with Crippen LogP contribution in [0.3, 0.4) is 0 Å². The molecule has 1 aromatic carbocycles. The van der Waals surface area contributed by atoms with Crippen LogP contribution < -0.4 is 10.6 Å². The van der Waals surface area contributed by atoms with Crippen molar-refractivity contribution in [2.45, 2.75) is 11.3 Å². The first kappa shape index (κ1) is 21.5. The zero-order valence-corrected chi connectivity index (χ0v) is 17.7. The molecular formula is C15H25IN4O2S2. The van der Waals surface area contributed by atoms with E-state index in [4.69, 9.17) is 0 Å². The molecule has 2 N–H and O–H groups in total. The standard InChI is InChI=1S/C15H24N4O2S2.HI/c1-16-15(17-8-11-19-10-5-13-23(19,20)21)18-9-12-22-14-6-3-2-4-7-14;/h2-4,6-7H,5,8-13H2,1H3,(H2,16,17,18);1H. The summed E-state index contributed by atoms with van der Waals surface area (Å²) >= 11 is 1.78. The maximum atomic E-state index is 11.7. The van der Waals surface area contributed by atoms with Crippen LogP contribution in [0.5, 0.6) is 0 Å². The molecule has 0 bridgehead atoms. The predicted octanol–water partition coefficient (Wildman–Crippen LogP) is 1.60. The second kappa shape index (κ2) is 11.2. The van der Waals surface area contributed by atoms with Crippen LogP contribution in [-0.2, 0) is 10.0 Å². The molecular weight excluding hydrogens is 459 g/mol. The number of benzene rings is 1. The van der Waals surface area contributed by atoms with Crippen LogP contribution in [0.4, 0.5) is 0 Å². The van der Waals surface area contributed by atoms with Crippen LogP contribution >= 0.6 is 35.7 Å². The average Bonchev–Trinajstić information content (AvgIpc) is 2.89. The lowest BCUT2D eigenvalue weighted by atomic mass is 10.4. The van der Waals surface area contributed by atoms with E-state index >= 15 is 0 Å². The van der Waals surface area contributed by atoms with E-state index in [1.54, 1.807) is 23.1 Å². The minimum Gasteiger partial charge on any atom is -0.356 e. The molecule has 136 valence electrons. The Labute approximate surface area is 165 Å². The molecule has 0 spiro atoms. The largest absolute Gasteiger partial charge is 0.356 e. The van der Waals surface area contributed by atoms with E-state index in [1.807, 2.05) is 18.2 Å². The van der Waals surface area contributed by atoms with Gasteiger partial charge in [-0.05, 0) is 18.6 Å². The van der Waals surface area contributed by atoms with Gasteiger partial charge in [-0.2, -0.15) is 0 Å². The van der Waals surface area contributed by atoms with Crippen LogP contribution in [-0.4, -0.2) is 63.4 Å². The van der Waals surface area contributed by atoms with Gasteiger partial charge in [0.1, 0.15) is 0 Å². The van der Waals surface area contributed by atoms with Crippen LogP contribution in [0, 0.1) is 0 Å². The molecule has 24 heavy (non-hydrogen) atoms. The van der Waals surface area contributed by atoms with Crippen molar-refractivity contribution in [2.24, 2.45) is 4.99 Å². The van der Waals surface area contributed by atoms with Gasteiger partial charge in [-0.1, -0.05) is 18.2 Å². The second-order valence-corrected chi connectivity index (χ2v) is 8.41. The third kappa shape index (κ3) is 7.16. The van der Waals surface area contributed by atoms with Gasteiger partial charge in [-0.3, -0.25) is 4.99 Å². The molecule has 1 aliphatic heterocycles. The van der Waals surface area contributed by atoms with Crippen molar-refractivity contribution in [3.05, 3.63) is 30.3 Å². The molecule has 1 aliphatic rings. The molecule has 9 heteroatoms. The number of hydrogen-bond donors (Lipinski definition) is 2. The zero-order chi connectivity index (χ0) is 16.5. The highest BCUT2D eigenvalue weighted by Crippen LogP contribution is 2.15. The van der Waals surface area contributed by atoms with Gasteiger partial charge >= 0.3 is 0 Å². The molecule has 2 rings (SSSR count). The van der Waals surface area contributed by atoms with Crippen molar-refractivity contribution < 1.29 is 8.42 Å².